The number of nitrogens with one attached hydrogen (secondary N) is 2. The van der Waals surface area contributed by atoms with Gasteiger partial charge in [0.1, 0.15) is 0 Å². The van der Waals surface area contributed by atoms with Crippen LogP contribution in [0.4, 0.5) is 8.78 Å². The van der Waals surface area contributed by atoms with Crippen molar-refractivity contribution in [2.75, 3.05) is 13.2 Å². The molecule has 2 aromatic rings. The summed E-state index contributed by atoms with van der Waals surface area (Å²) in [4.78, 5) is 18.2. The highest BCUT2D eigenvalue weighted by molar-refractivity contribution is 7.90. The molecule has 0 spiro atoms. The first kappa shape index (κ1) is 19.4. The molecule has 11 heteroatoms. The molecule has 3 rings (SSSR count). The number of benzene rings is 1. The van der Waals surface area contributed by atoms with Gasteiger partial charge in [0.2, 0.25) is 10.0 Å². The summed E-state index contributed by atoms with van der Waals surface area (Å²) in [7, 11) is -2.16. The van der Waals surface area contributed by atoms with Crippen LogP contribution in [0.2, 0.25) is 0 Å². The average Bonchev–Trinajstić information content (AvgIpc) is 3.09. The van der Waals surface area contributed by atoms with Gasteiger partial charge in [-0.05, 0) is 25.0 Å². The van der Waals surface area contributed by atoms with Crippen LogP contribution >= 0.6 is 0 Å². The van der Waals surface area contributed by atoms with Gasteiger partial charge < -0.3 is 9.30 Å². The largest absolute Gasteiger partial charge is 0.381 e. The van der Waals surface area contributed by atoms with E-state index in [1.807, 2.05) is 10.3 Å². The van der Waals surface area contributed by atoms with E-state index in [-0.39, 0.29) is 18.4 Å². The van der Waals surface area contributed by atoms with Gasteiger partial charge in [0.25, 0.3) is 5.91 Å². The first-order valence-electron chi connectivity index (χ1n) is 8.14. The third-order valence-electron chi connectivity index (χ3n) is 4.19. The molecule has 0 aliphatic carbocycles. The minimum Gasteiger partial charge on any atom is -0.381 e. The number of hydrogen-bond acceptors (Lipinski definition) is 5. The molecule has 0 bridgehead atoms. The highest BCUT2D eigenvalue weighted by atomic mass is 32.2. The standard InChI is InChI=1S/C16H18F2N4O4S/c1-22-8-14(19-9-22)10-6-12(15(18)13(17)7-10)16(23)20-21-27(24,25)11-2-4-26-5-3-11/h6-9,11,21H,2-5H2,1H3,(H,20,23). The van der Waals surface area contributed by atoms with Crippen molar-refractivity contribution >= 4 is 15.9 Å². The SMILES string of the molecule is Cn1cnc(-c2cc(F)c(F)c(C(=O)NNS(=O)(=O)C3CCOCC3)c2)c1. The zero-order valence-corrected chi connectivity index (χ0v) is 15.2. The molecule has 1 saturated heterocycles. The fourth-order valence-electron chi connectivity index (χ4n) is 2.72. The van der Waals surface area contributed by atoms with Crippen molar-refractivity contribution in [1.82, 2.24) is 19.8 Å². The molecule has 0 unspecified atom stereocenters. The van der Waals surface area contributed by atoms with E-state index < -0.39 is 38.4 Å². The number of rotatable bonds is 5. The van der Waals surface area contributed by atoms with Gasteiger partial charge in [-0.1, -0.05) is 0 Å². The molecule has 1 aromatic heterocycles. The number of amides is 1. The van der Waals surface area contributed by atoms with E-state index in [0.717, 1.165) is 12.1 Å². The predicted molar refractivity (Wildman–Crippen MR) is 91.9 cm³/mol. The molecule has 2 N–H and O–H groups in total. The molecular formula is C16H18F2N4O4S. The molecule has 1 aliphatic heterocycles. The smallest absolute Gasteiger partial charge is 0.269 e. The van der Waals surface area contributed by atoms with Crippen LogP contribution < -0.4 is 10.3 Å². The van der Waals surface area contributed by atoms with Gasteiger partial charge in [-0.2, -0.15) is 0 Å². The summed E-state index contributed by atoms with van der Waals surface area (Å²) in [6, 6.07) is 2.03. The van der Waals surface area contributed by atoms with Crippen molar-refractivity contribution in [3.8, 4) is 11.3 Å². The Bertz CT molecular complexity index is 955. The lowest BCUT2D eigenvalue weighted by Gasteiger charge is -2.22. The van der Waals surface area contributed by atoms with E-state index in [4.69, 9.17) is 4.74 Å². The minimum absolute atomic E-state index is 0.187. The van der Waals surface area contributed by atoms with Crippen LogP contribution in [0.5, 0.6) is 0 Å². The van der Waals surface area contributed by atoms with E-state index in [1.54, 1.807) is 17.8 Å². The number of hydrogen-bond donors (Lipinski definition) is 2. The molecule has 27 heavy (non-hydrogen) atoms. The maximum Gasteiger partial charge on any atom is 0.269 e. The predicted octanol–water partition coefficient (Wildman–Crippen LogP) is 1.11. The molecular weight excluding hydrogens is 382 g/mol. The Kier molecular flexibility index (Phi) is 5.53. The lowest BCUT2D eigenvalue weighted by Crippen LogP contribution is -2.47. The van der Waals surface area contributed by atoms with E-state index in [9.17, 15) is 22.0 Å². The second kappa shape index (κ2) is 7.71. The molecule has 0 atom stereocenters. The maximum absolute atomic E-state index is 14.1. The van der Waals surface area contributed by atoms with Crippen molar-refractivity contribution in [3.63, 3.8) is 0 Å². The Morgan fingerprint density at radius 3 is 2.63 bits per heavy atom. The molecule has 1 aromatic carbocycles. The van der Waals surface area contributed by atoms with Crippen LogP contribution in [-0.4, -0.2) is 42.3 Å². The molecule has 0 radical (unpaired) electrons. The summed E-state index contributed by atoms with van der Waals surface area (Å²) < 4.78 is 59.1. The monoisotopic (exact) mass is 400 g/mol. The maximum atomic E-state index is 14.1. The molecule has 146 valence electrons. The van der Waals surface area contributed by atoms with Crippen LogP contribution in [0.15, 0.2) is 24.7 Å². The van der Waals surface area contributed by atoms with Crippen LogP contribution in [-0.2, 0) is 21.8 Å². The Balaban J connectivity index is 1.79. The summed E-state index contributed by atoms with van der Waals surface area (Å²) in [5.74, 6) is -3.73. The van der Waals surface area contributed by atoms with Crippen LogP contribution in [0.3, 0.4) is 0 Å². The average molecular weight is 400 g/mol. The summed E-state index contributed by atoms with van der Waals surface area (Å²) in [6.07, 6.45) is 3.60. The zero-order valence-electron chi connectivity index (χ0n) is 14.4. The molecule has 8 nitrogen and oxygen atoms in total. The summed E-state index contributed by atoms with van der Waals surface area (Å²) >= 11 is 0. The first-order valence-corrected chi connectivity index (χ1v) is 9.68. The van der Waals surface area contributed by atoms with Gasteiger partial charge in [0.15, 0.2) is 11.6 Å². The highest BCUT2D eigenvalue weighted by Crippen LogP contribution is 2.23. The molecule has 1 aliphatic rings. The number of imidazole rings is 1. The summed E-state index contributed by atoms with van der Waals surface area (Å²) in [5.41, 5.74) is 1.83. The van der Waals surface area contributed by atoms with Crippen LogP contribution in [0.1, 0.15) is 23.2 Å². The molecule has 2 heterocycles. The second-order valence-corrected chi connectivity index (χ2v) is 8.12. The fourth-order valence-corrected chi connectivity index (χ4v) is 3.93. The second-order valence-electron chi connectivity index (χ2n) is 6.16. The topological polar surface area (TPSA) is 102 Å². The van der Waals surface area contributed by atoms with Crippen molar-refractivity contribution in [2.24, 2.45) is 7.05 Å². The quantitative estimate of drug-likeness (QED) is 0.732. The minimum atomic E-state index is -3.86. The van der Waals surface area contributed by atoms with E-state index in [0.29, 0.717) is 18.9 Å². The number of aromatic nitrogens is 2. The third-order valence-corrected chi connectivity index (χ3v) is 5.92. The molecule has 0 saturated carbocycles. The van der Waals surface area contributed by atoms with Crippen molar-refractivity contribution < 1.29 is 26.7 Å². The van der Waals surface area contributed by atoms with Gasteiger partial charge >= 0.3 is 0 Å². The number of hydrazine groups is 1. The first-order chi connectivity index (χ1) is 12.8. The number of halogens is 2. The molecule has 1 fully saturated rings. The number of carbonyl (C=O) groups is 1. The summed E-state index contributed by atoms with van der Waals surface area (Å²) in [6.45, 7) is 0.594. The van der Waals surface area contributed by atoms with Gasteiger partial charge in [-0.25, -0.2) is 22.2 Å². The number of nitrogens with zero attached hydrogens (tertiary/aromatic N) is 2. The van der Waals surface area contributed by atoms with Gasteiger partial charge in [-0.3, -0.25) is 10.2 Å². The third kappa shape index (κ3) is 4.31. The number of carbonyl (C=O) groups excluding carboxylic acids is 1. The van der Waals surface area contributed by atoms with Crippen molar-refractivity contribution in [1.29, 1.82) is 0 Å². The highest BCUT2D eigenvalue weighted by Gasteiger charge is 2.28. The van der Waals surface area contributed by atoms with Gasteiger partial charge in [0.05, 0.1) is 22.8 Å². The Morgan fingerprint density at radius 1 is 1.30 bits per heavy atom. The number of aryl methyl sites for hydroxylation is 1. The Hall–Kier alpha value is -2.37. The van der Waals surface area contributed by atoms with Crippen molar-refractivity contribution in [3.05, 3.63) is 41.9 Å². The lowest BCUT2D eigenvalue weighted by molar-refractivity contribution is 0.0933. The zero-order chi connectivity index (χ0) is 19.6. The van der Waals surface area contributed by atoms with Gasteiger partial charge in [-0.15, -0.1) is 4.83 Å². The number of sulfonamides is 1. The molecule has 1 amide bonds. The fraction of sp³-hybridized carbons (Fsp3) is 0.375. The Labute approximate surface area is 154 Å². The Morgan fingerprint density at radius 2 is 2.00 bits per heavy atom. The van der Waals surface area contributed by atoms with E-state index in [2.05, 4.69) is 4.98 Å². The lowest BCUT2D eigenvalue weighted by atomic mass is 10.1. The van der Waals surface area contributed by atoms with Crippen LogP contribution in [0.25, 0.3) is 11.3 Å². The van der Waals surface area contributed by atoms with E-state index >= 15 is 0 Å². The van der Waals surface area contributed by atoms with E-state index in [1.165, 1.54) is 6.33 Å². The summed E-state index contributed by atoms with van der Waals surface area (Å²) in [5, 5.41) is -0.729. The van der Waals surface area contributed by atoms with Gasteiger partial charge in [0, 0.05) is 32.0 Å². The van der Waals surface area contributed by atoms with Crippen molar-refractivity contribution in [2.45, 2.75) is 18.1 Å². The van der Waals surface area contributed by atoms with Crippen LogP contribution in [0, 0.1) is 11.6 Å². The normalized spacial score (nSPS) is 15.7. The number of ether oxygens (including phenoxy) is 1.